The first-order valence-corrected chi connectivity index (χ1v) is 5.19. The summed E-state index contributed by atoms with van der Waals surface area (Å²) in [6.07, 6.45) is 1.04. The van der Waals surface area contributed by atoms with E-state index >= 15 is 0 Å². The first kappa shape index (κ1) is 9.25. The van der Waals surface area contributed by atoms with Crippen molar-refractivity contribution in [2.75, 3.05) is 0 Å². The van der Waals surface area contributed by atoms with Gasteiger partial charge >= 0.3 is 0 Å². The Bertz CT molecular complexity index is 441. The predicted octanol–water partition coefficient (Wildman–Crippen LogP) is 3.25. The minimum absolute atomic E-state index is 0.493. The predicted molar refractivity (Wildman–Crippen MR) is 59.6 cm³/mol. The van der Waals surface area contributed by atoms with Gasteiger partial charge in [-0.25, -0.2) is 4.98 Å². The van der Waals surface area contributed by atoms with E-state index < -0.39 is 0 Å². The largest absolute Gasteiger partial charge is 0.343 e. The van der Waals surface area contributed by atoms with E-state index in [9.17, 15) is 0 Å². The maximum absolute atomic E-state index is 4.59. The number of H-pyrrole nitrogens is 1. The Labute approximate surface area is 84.4 Å². The maximum Gasteiger partial charge on any atom is 0.137 e. The molecule has 0 aliphatic heterocycles. The highest BCUT2D eigenvalue weighted by molar-refractivity contribution is 5.76. The Hall–Kier alpha value is -1.31. The van der Waals surface area contributed by atoms with Crippen LogP contribution < -0.4 is 0 Å². The molecule has 2 rings (SSSR count). The van der Waals surface area contributed by atoms with Crippen molar-refractivity contribution in [2.45, 2.75) is 33.1 Å². The molecule has 0 unspecified atom stereocenters. The molecular weight excluding hydrogens is 172 g/mol. The molecule has 0 spiro atoms. The van der Waals surface area contributed by atoms with Crippen molar-refractivity contribution in [1.82, 2.24) is 9.97 Å². The van der Waals surface area contributed by atoms with Gasteiger partial charge in [-0.3, -0.25) is 0 Å². The molecule has 2 nitrogen and oxygen atoms in total. The average molecular weight is 188 g/mol. The van der Waals surface area contributed by atoms with Gasteiger partial charge < -0.3 is 4.98 Å². The van der Waals surface area contributed by atoms with E-state index in [0.717, 1.165) is 17.8 Å². The van der Waals surface area contributed by atoms with Crippen LogP contribution in [0, 0.1) is 0 Å². The second-order valence-electron chi connectivity index (χ2n) is 3.98. The number of aromatic nitrogens is 2. The number of hydrogen-bond donors (Lipinski definition) is 1. The van der Waals surface area contributed by atoms with Gasteiger partial charge in [0.25, 0.3) is 0 Å². The molecule has 2 aromatic heterocycles. The molecular formula is C12H16N2. The molecule has 0 saturated carbocycles. The molecule has 0 fully saturated rings. The van der Waals surface area contributed by atoms with Crippen molar-refractivity contribution in [3.8, 4) is 0 Å². The number of pyridine rings is 1. The molecule has 2 heterocycles. The van der Waals surface area contributed by atoms with Crippen LogP contribution in [-0.4, -0.2) is 9.97 Å². The Balaban J connectivity index is 2.54. The summed E-state index contributed by atoms with van der Waals surface area (Å²) in [6, 6.07) is 6.43. The molecule has 0 atom stereocenters. The van der Waals surface area contributed by atoms with Gasteiger partial charge in [0.2, 0.25) is 0 Å². The second-order valence-corrected chi connectivity index (χ2v) is 3.98. The van der Waals surface area contributed by atoms with Crippen molar-refractivity contribution >= 4 is 11.0 Å². The number of nitrogens with one attached hydrogen (secondary N) is 1. The fourth-order valence-electron chi connectivity index (χ4n) is 1.59. The molecule has 1 N–H and O–H groups in total. The summed E-state index contributed by atoms with van der Waals surface area (Å²) >= 11 is 0. The molecule has 74 valence electrons. The molecule has 0 aliphatic carbocycles. The lowest BCUT2D eigenvalue weighted by Crippen LogP contribution is -1.91. The lowest BCUT2D eigenvalue weighted by atomic mass is 10.1. The lowest BCUT2D eigenvalue weighted by Gasteiger charge is -2.02. The normalized spacial score (nSPS) is 11.4. The highest BCUT2D eigenvalue weighted by atomic mass is 14.9. The van der Waals surface area contributed by atoms with E-state index in [1.807, 2.05) is 0 Å². The van der Waals surface area contributed by atoms with Crippen molar-refractivity contribution in [1.29, 1.82) is 0 Å². The Morgan fingerprint density at radius 2 is 2.14 bits per heavy atom. The SMILES string of the molecule is CCc1cc2ccc(C(C)C)nc2[nH]1. The third kappa shape index (κ3) is 1.52. The summed E-state index contributed by atoms with van der Waals surface area (Å²) in [6.45, 7) is 6.48. The van der Waals surface area contributed by atoms with Gasteiger partial charge in [-0.15, -0.1) is 0 Å². The highest BCUT2D eigenvalue weighted by Gasteiger charge is 2.04. The van der Waals surface area contributed by atoms with Crippen molar-refractivity contribution in [3.05, 3.63) is 29.6 Å². The standard InChI is InChI=1S/C12H16N2/c1-4-10-7-9-5-6-11(8(2)3)14-12(9)13-10/h5-8H,4H2,1-3H3,(H,13,14). The molecule has 0 aromatic carbocycles. The first-order valence-electron chi connectivity index (χ1n) is 5.19. The van der Waals surface area contributed by atoms with Crippen LogP contribution >= 0.6 is 0 Å². The molecule has 14 heavy (non-hydrogen) atoms. The van der Waals surface area contributed by atoms with Crippen LogP contribution in [0.2, 0.25) is 0 Å². The smallest absolute Gasteiger partial charge is 0.137 e. The average Bonchev–Trinajstić information content (AvgIpc) is 2.58. The minimum Gasteiger partial charge on any atom is -0.343 e. The van der Waals surface area contributed by atoms with E-state index in [1.165, 1.54) is 11.1 Å². The van der Waals surface area contributed by atoms with Crippen LogP contribution in [-0.2, 0) is 6.42 Å². The van der Waals surface area contributed by atoms with Gasteiger partial charge in [0.15, 0.2) is 0 Å². The summed E-state index contributed by atoms with van der Waals surface area (Å²) in [5, 5.41) is 1.21. The fourth-order valence-corrected chi connectivity index (χ4v) is 1.59. The molecule has 0 amide bonds. The summed E-state index contributed by atoms with van der Waals surface area (Å²) in [5.74, 6) is 0.493. The zero-order valence-electron chi connectivity index (χ0n) is 8.96. The van der Waals surface area contributed by atoms with Crippen LogP contribution in [0.3, 0.4) is 0 Å². The Kier molecular flexibility index (Phi) is 2.28. The van der Waals surface area contributed by atoms with E-state index in [4.69, 9.17) is 0 Å². The van der Waals surface area contributed by atoms with E-state index in [0.29, 0.717) is 5.92 Å². The summed E-state index contributed by atoms with van der Waals surface area (Å²) in [7, 11) is 0. The van der Waals surface area contributed by atoms with Crippen LogP contribution in [0.25, 0.3) is 11.0 Å². The number of aromatic amines is 1. The van der Waals surface area contributed by atoms with Crippen LogP contribution in [0.4, 0.5) is 0 Å². The lowest BCUT2D eigenvalue weighted by molar-refractivity contribution is 0.828. The Morgan fingerprint density at radius 1 is 1.36 bits per heavy atom. The number of aryl methyl sites for hydroxylation is 1. The summed E-state index contributed by atoms with van der Waals surface area (Å²) in [4.78, 5) is 7.92. The number of hydrogen-bond acceptors (Lipinski definition) is 1. The second kappa shape index (κ2) is 3.45. The van der Waals surface area contributed by atoms with Crippen molar-refractivity contribution in [3.63, 3.8) is 0 Å². The molecule has 0 saturated heterocycles. The highest BCUT2D eigenvalue weighted by Crippen LogP contribution is 2.18. The zero-order valence-corrected chi connectivity index (χ0v) is 8.96. The van der Waals surface area contributed by atoms with E-state index in [2.05, 4.69) is 48.9 Å². The van der Waals surface area contributed by atoms with Crippen molar-refractivity contribution < 1.29 is 0 Å². The summed E-state index contributed by atoms with van der Waals surface area (Å²) in [5.41, 5.74) is 3.43. The summed E-state index contributed by atoms with van der Waals surface area (Å²) < 4.78 is 0. The fraction of sp³-hybridized carbons (Fsp3) is 0.417. The Morgan fingerprint density at radius 3 is 2.79 bits per heavy atom. The quantitative estimate of drug-likeness (QED) is 0.770. The maximum atomic E-state index is 4.59. The molecule has 0 radical (unpaired) electrons. The van der Waals surface area contributed by atoms with Gasteiger partial charge in [0.05, 0.1) is 0 Å². The molecule has 0 aliphatic rings. The van der Waals surface area contributed by atoms with Crippen LogP contribution in [0.15, 0.2) is 18.2 Å². The number of fused-ring (bicyclic) bond motifs is 1. The number of nitrogens with zero attached hydrogens (tertiary/aromatic N) is 1. The van der Waals surface area contributed by atoms with Crippen LogP contribution in [0.1, 0.15) is 38.1 Å². The van der Waals surface area contributed by atoms with E-state index in [-0.39, 0.29) is 0 Å². The van der Waals surface area contributed by atoms with Crippen LogP contribution in [0.5, 0.6) is 0 Å². The molecule has 0 bridgehead atoms. The van der Waals surface area contributed by atoms with Gasteiger partial charge in [-0.1, -0.05) is 20.8 Å². The van der Waals surface area contributed by atoms with E-state index in [1.54, 1.807) is 0 Å². The monoisotopic (exact) mass is 188 g/mol. The van der Waals surface area contributed by atoms with Gasteiger partial charge in [0, 0.05) is 16.8 Å². The third-order valence-electron chi connectivity index (χ3n) is 2.53. The van der Waals surface area contributed by atoms with Gasteiger partial charge in [-0.05, 0) is 30.5 Å². The zero-order chi connectivity index (χ0) is 10.1. The third-order valence-corrected chi connectivity index (χ3v) is 2.53. The molecule has 2 heteroatoms. The van der Waals surface area contributed by atoms with Gasteiger partial charge in [0.1, 0.15) is 5.65 Å². The number of rotatable bonds is 2. The first-order chi connectivity index (χ1) is 6.70. The topological polar surface area (TPSA) is 28.7 Å². The van der Waals surface area contributed by atoms with Crippen molar-refractivity contribution in [2.24, 2.45) is 0 Å². The minimum atomic E-state index is 0.493. The van der Waals surface area contributed by atoms with Gasteiger partial charge in [-0.2, -0.15) is 0 Å². The molecule has 2 aromatic rings.